The van der Waals surface area contributed by atoms with E-state index in [1.165, 1.54) is 32.1 Å². The second kappa shape index (κ2) is 3.97. The monoisotopic (exact) mass is 188 g/mol. The van der Waals surface area contributed by atoms with E-state index in [4.69, 9.17) is 16.3 Å². The van der Waals surface area contributed by atoms with Gasteiger partial charge in [0.1, 0.15) is 0 Å². The molecule has 0 aromatic rings. The van der Waals surface area contributed by atoms with Crippen LogP contribution in [0.1, 0.15) is 38.5 Å². The molecule has 0 spiro atoms. The number of hydrogen-bond acceptors (Lipinski definition) is 1. The molecule has 1 saturated carbocycles. The molecule has 0 amide bonds. The minimum atomic E-state index is 0.299. The van der Waals surface area contributed by atoms with E-state index in [1.54, 1.807) is 0 Å². The topological polar surface area (TPSA) is 9.23 Å². The second-order valence-electron chi connectivity index (χ2n) is 4.04. The molecule has 0 unspecified atom stereocenters. The molecule has 1 saturated heterocycles. The fourth-order valence-corrected chi connectivity index (χ4v) is 2.85. The molecular weight excluding hydrogens is 172 g/mol. The highest BCUT2D eigenvalue weighted by Gasteiger charge is 2.33. The quantitative estimate of drug-likeness (QED) is 0.575. The van der Waals surface area contributed by atoms with Crippen LogP contribution in [0.25, 0.3) is 0 Å². The third kappa shape index (κ3) is 1.77. The van der Waals surface area contributed by atoms with Gasteiger partial charge < -0.3 is 4.74 Å². The molecule has 1 nitrogen and oxygen atoms in total. The van der Waals surface area contributed by atoms with Crippen LogP contribution in [0.15, 0.2) is 0 Å². The summed E-state index contributed by atoms with van der Waals surface area (Å²) in [5, 5.41) is 0.299. The molecule has 1 aliphatic heterocycles. The third-order valence-electron chi connectivity index (χ3n) is 3.17. The lowest BCUT2D eigenvalue weighted by molar-refractivity contribution is 0.0492. The smallest absolute Gasteiger partial charge is 0.0767 e. The van der Waals surface area contributed by atoms with Crippen molar-refractivity contribution in [3.8, 4) is 0 Å². The molecule has 2 heteroatoms. The van der Waals surface area contributed by atoms with E-state index in [2.05, 4.69) is 0 Å². The molecule has 1 heterocycles. The number of rotatable bonds is 1. The van der Waals surface area contributed by atoms with Crippen molar-refractivity contribution in [3.63, 3.8) is 0 Å². The summed E-state index contributed by atoms with van der Waals surface area (Å²) in [6.45, 7) is 0.884. The van der Waals surface area contributed by atoms with Crippen LogP contribution in [0.5, 0.6) is 0 Å². The summed E-state index contributed by atoms with van der Waals surface area (Å²) < 4.78 is 5.67. The normalized spacial score (nSPS) is 38.8. The summed E-state index contributed by atoms with van der Waals surface area (Å²) in [5.74, 6) is 0.767. The first-order chi connectivity index (χ1) is 5.88. The fraction of sp³-hybridized carbons (Fsp3) is 1.00. The van der Waals surface area contributed by atoms with Gasteiger partial charge in [0.25, 0.3) is 0 Å². The van der Waals surface area contributed by atoms with Crippen molar-refractivity contribution in [1.82, 2.24) is 0 Å². The fourth-order valence-electron chi connectivity index (χ4n) is 2.48. The lowest BCUT2D eigenvalue weighted by Gasteiger charge is -2.28. The number of alkyl halides is 1. The van der Waals surface area contributed by atoms with Gasteiger partial charge in [-0.05, 0) is 25.2 Å². The van der Waals surface area contributed by atoms with Crippen LogP contribution in [0, 0.1) is 5.92 Å². The van der Waals surface area contributed by atoms with Gasteiger partial charge in [-0.3, -0.25) is 0 Å². The van der Waals surface area contributed by atoms with Crippen molar-refractivity contribution in [1.29, 1.82) is 0 Å². The summed E-state index contributed by atoms with van der Waals surface area (Å²) >= 11 is 6.19. The average Bonchev–Trinajstić information content (AvgIpc) is 2.53. The highest BCUT2D eigenvalue weighted by Crippen LogP contribution is 2.34. The van der Waals surface area contributed by atoms with Gasteiger partial charge in [-0.2, -0.15) is 0 Å². The molecule has 12 heavy (non-hydrogen) atoms. The van der Waals surface area contributed by atoms with Crippen molar-refractivity contribution >= 4 is 11.6 Å². The van der Waals surface area contributed by atoms with E-state index < -0.39 is 0 Å². The van der Waals surface area contributed by atoms with Crippen LogP contribution in [0.3, 0.4) is 0 Å². The van der Waals surface area contributed by atoms with Crippen molar-refractivity contribution in [3.05, 3.63) is 0 Å². The van der Waals surface area contributed by atoms with Crippen molar-refractivity contribution in [2.45, 2.75) is 50.0 Å². The van der Waals surface area contributed by atoms with Gasteiger partial charge in [-0.15, -0.1) is 11.6 Å². The highest BCUT2D eigenvalue weighted by atomic mass is 35.5. The second-order valence-corrected chi connectivity index (χ2v) is 4.60. The molecule has 0 N–H and O–H groups in total. The number of halogens is 1. The van der Waals surface area contributed by atoms with E-state index in [0.717, 1.165) is 18.9 Å². The van der Waals surface area contributed by atoms with E-state index in [-0.39, 0.29) is 0 Å². The number of hydrogen-bond donors (Lipinski definition) is 0. The van der Waals surface area contributed by atoms with Crippen LogP contribution in [0.2, 0.25) is 0 Å². The Kier molecular flexibility index (Phi) is 2.92. The summed E-state index contributed by atoms with van der Waals surface area (Å²) in [5.41, 5.74) is 0. The Labute approximate surface area is 79.4 Å². The minimum Gasteiger partial charge on any atom is -0.376 e. The number of ether oxygens (including phenoxy) is 1. The van der Waals surface area contributed by atoms with Crippen LogP contribution in [0.4, 0.5) is 0 Å². The van der Waals surface area contributed by atoms with E-state index in [9.17, 15) is 0 Å². The molecule has 0 aromatic heterocycles. The molecule has 2 rings (SSSR count). The predicted octanol–water partition coefficient (Wildman–Crippen LogP) is 2.96. The molecule has 1 aliphatic carbocycles. The van der Waals surface area contributed by atoms with E-state index in [0.29, 0.717) is 11.5 Å². The zero-order valence-electron chi connectivity index (χ0n) is 7.47. The first-order valence-corrected chi connectivity index (χ1v) is 5.57. The standard InChI is InChI=1S/C10H17ClO/c11-9-6-7-12-10(9)8-4-2-1-3-5-8/h8-10H,1-7H2/t9-,10-/m0/s1. The molecule has 0 bridgehead atoms. The zero-order valence-corrected chi connectivity index (χ0v) is 8.22. The Morgan fingerprint density at radius 1 is 1.00 bits per heavy atom. The molecule has 0 radical (unpaired) electrons. The SMILES string of the molecule is Cl[C@H]1CCO[C@H]1C1CCCCC1. The maximum absolute atomic E-state index is 6.19. The predicted molar refractivity (Wildman–Crippen MR) is 50.6 cm³/mol. The Morgan fingerprint density at radius 2 is 1.75 bits per heavy atom. The first kappa shape index (κ1) is 8.83. The Bertz CT molecular complexity index is 143. The van der Waals surface area contributed by atoms with Crippen molar-refractivity contribution in [2.75, 3.05) is 6.61 Å². The summed E-state index contributed by atoms with van der Waals surface area (Å²) in [6, 6.07) is 0. The summed E-state index contributed by atoms with van der Waals surface area (Å²) in [7, 11) is 0. The highest BCUT2D eigenvalue weighted by molar-refractivity contribution is 6.21. The average molecular weight is 189 g/mol. The van der Waals surface area contributed by atoms with Gasteiger partial charge in [0, 0.05) is 6.61 Å². The maximum Gasteiger partial charge on any atom is 0.0767 e. The Balaban J connectivity index is 1.89. The van der Waals surface area contributed by atoms with Gasteiger partial charge in [0.15, 0.2) is 0 Å². The zero-order chi connectivity index (χ0) is 8.39. The lowest BCUT2D eigenvalue weighted by Crippen LogP contribution is -2.28. The van der Waals surface area contributed by atoms with Gasteiger partial charge in [-0.1, -0.05) is 19.3 Å². The van der Waals surface area contributed by atoms with E-state index in [1.807, 2.05) is 0 Å². The molecule has 0 aromatic carbocycles. The molecular formula is C10H17ClO. The molecule has 2 aliphatic rings. The van der Waals surface area contributed by atoms with Gasteiger partial charge >= 0.3 is 0 Å². The third-order valence-corrected chi connectivity index (χ3v) is 3.64. The largest absolute Gasteiger partial charge is 0.376 e. The van der Waals surface area contributed by atoms with Crippen LogP contribution in [-0.2, 0) is 4.74 Å². The summed E-state index contributed by atoms with van der Waals surface area (Å²) in [4.78, 5) is 0. The van der Waals surface area contributed by atoms with Crippen LogP contribution in [-0.4, -0.2) is 18.1 Å². The lowest BCUT2D eigenvalue weighted by atomic mass is 9.84. The first-order valence-electron chi connectivity index (χ1n) is 5.13. The van der Waals surface area contributed by atoms with E-state index >= 15 is 0 Å². The Hall–Kier alpha value is 0.250. The van der Waals surface area contributed by atoms with Gasteiger partial charge in [0.2, 0.25) is 0 Å². The molecule has 2 atom stereocenters. The summed E-state index contributed by atoms with van der Waals surface area (Å²) in [6.07, 6.45) is 8.30. The van der Waals surface area contributed by atoms with Crippen LogP contribution < -0.4 is 0 Å². The Morgan fingerprint density at radius 3 is 2.33 bits per heavy atom. The van der Waals surface area contributed by atoms with Gasteiger partial charge in [0.05, 0.1) is 11.5 Å². The minimum absolute atomic E-state index is 0.299. The van der Waals surface area contributed by atoms with Crippen molar-refractivity contribution < 1.29 is 4.74 Å². The van der Waals surface area contributed by atoms with Gasteiger partial charge in [-0.25, -0.2) is 0 Å². The maximum atomic E-state index is 6.19. The molecule has 70 valence electrons. The molecule has 2 fully saturated rings. The van der Waals surface area contributed by atoms with Crippen molar-refractivity contribution in [2.24, 2.45) is 5.92 Å². The van der Waals surface area contributed by atoms with Crippen LogP contribution >= 0.6 is 11.6 Å².